The van der Waals surface area contributed by atoms with Gasteiger partial charge < -0.3 is 0 Å². The van der Waals surface area contributed by atoms with E-state index < -0.39 is 0 Å². The average molecular weight is 372 g/mol. The third-order valence-electron chi connectivity index (χ3n) is 6.76. The van der Waals surface area contributed by atoms with Gasteiger partial charge in [0, 0.05) is 0 Å². The monoisotopic (exact) mass is 372 g/mol. The normalized spacial score (nSPS) is 11.6. The first-order valence-electron chi connectivity index (χ1n) is 12.9. The van der Waals surface area contributed by atoms with Crippen LogP contribution in [0.2, 0.25) is 25.8 Å². The fourth-order valence-electron chi connectivity index (χ4n) is 4.69. The maximum absolute atomic E-state index is 2.68. The van der Waals surface area contributed by atoms with Crippen molar-refractivity contribution in [2.75, 3.05) is 0 Å². The van der Waals surface area contributed by atoms with Crippen LogP contribution in [-0.2, 0) is 0 Å². The smallest absolute Gasteiger partial charge is 0.190 e. The first-order chi connectivity index (χ1) is 12.7. The second kappa shape index (κ2) is 22.9. The van der Waals surface area contributed by atoms with Gasteiger partial charge in [0.25, 0.3) is 0 Å². The van der Waals surface area contributed by atoms with Gasteiger partial charge in [0.2, 0.25) is 0 Å². The van der Waals surface area contributed by atoms with Crippen LogP contribution in [0.4, 0.5) is 0 Å². The fourth-order valence-corrected chi connectivity index (χ4v) is 4.69. The van der Waals surface area contributed by atoms with E-state index >= 15 is 0 Å². The molecule has 0 N–H and O–H groups in total. The van der Waals surface area contributed by atoms with Crippen molar-refractivity contribution in [3.05, 3.63) is 0 Å². The molecule has 0 saturated carbocycles. The van der Waals surface area contributed by atoms with Gasteiger partial charge in [-0.15, -0.1) is 0 Å². The Kier molecular flexibility index (Phi) is 25.4. The van der Waals surface area contributed by atoms with Gasteiger partial charge in [0.05, 0.1) is 0 Å². The van der Waals surface area contributed by atoms with Crippen LogP contribution in [0.5, 0.6) is 0 Å². The molecule has 0 radical (unpaired) electrons. The molecule has 2 heteroatoms. The zero-order chi connectivity index (χ0) is 19.3. The van der Waals surface area contributed by atoms with Gasteiger partial charge in [-0.25, -0.2) is 0 Å². The maximum Gasteiger partial charge on any atom is 1.00 e. The predicted molar refractivity (Wildman–Crippen MR) is 126 cm³/mol. The predicted octanol–water partition coefficient (Wildman–Crippen LogP) is 7.15. The molecule has 158 valence electrons. The molecular weight excluding hydrogens is 318 g/mol. The molecule has 0 amide bonds. The van der Waals surface area contributed by atoms with E-state index in [1.807, 2.05) is 0 Å². The molecule has 27 heavy (non-hydrogen) atoms. The van der Waals surface area contributed by atoms with Crippen LogP contribution in [-0.4, -0.2) is 6.15 Å². The number of hydrogen-bond acceptors (Lipinski definition) is 0. The van der Waals surface area contributed by atoms with E-state index in [2.05, 4.69) is 27.6 Å². The van der Waals surface area contributed by atoms with Crippen LogP contribution >= 0.6 is 0 Å². The van der Waals surface area contributed by atoms with Crippen molar-refractivity contribution in [1.29, 1.82) is 0 Å². The van der Waals surface area contributed by atoms with E-state index in [0.717, 1.165) is 0 Å². The third kappa shape index (κ3) is 21.2. The summed E-state index contributed by atoms with van der Waals surface area (Å²) in [6, 6.07) is 0. The van der Waals surface area contributed by atoms with Crippen LogP contribution in [0.15, 0.2) is 0 Å². The summed E-state index contributed by atoms with van der Waals surface area (Å²) >= 11 is 0. The standard InChI is InChI=1S/C25H54B.Li/c1-5-8-11-14-17-20-23-26(4,24-21-18-15-12-9-6-2)25-22-19-16-13-10-7-3;/h5-25H2,1-4H3;/q-1;+1. The first kappa shape index (κ1) is 29.9. The van der Waals surface area contributed by atoms with Crippen LogP contribution in [0.25, 0.3) is 0 Å². The summed E-state index contributed by atoms with van der Waals surface area (Å²) in [6.45, 7) is 9.65. The Morgan fingerprint density at radius 3 is 0.852 bits per heavy atom. The van der Waals surface area contributed by atoms with Gasteiger partial charge in [-0.05, 0) is 6.15 Å². The fraction of sp³-hybridized carbons (Fsp3) is 1.00. The molecule has 0 aliphatic rings. The summed E-state index contributed by atoms with van der Waals surface area (Å²) in [5.41, 5.74) is 0. The molecule has 0 aliphatic carbocycles. The van der Waals surface area contributed by atoms with Gasteiger partial charge in [-0.2, -0.15) is 25.8 Å². The van der Waals surface area contributed by atoms with Crippen LogP contribution in [0, 0.1) is 0 Å². The van der Waals surface area contributed by atoms with Gasteiger partial charge in [0.15, 0.2) is 0 Å². The summed E-state index contributed by atoms with van der Waals surface area (Å²) in [5, 5.41) is 0. The zero-order valence-electron chi connectivity index (χ0n) is 20.4. The minimum atomic E-state index is -0.0782. The number of unbranched alkanes of at least 4 members (excludes halogenated alkanes) is 15. The van der Waals surface area contributed by atoms with Gasteiger partial charge in [-0.3, -0.25) is 0 Å². The molecule has 0 atom stereocenters. The number of rotatable bonds is 21. The Bertz CT molecular complexity index is 226. The molecule has 0 saturated heterocycles. The minimum Gasteiger partial charge on any atom is -0.190 e. The quantitative estimate of drug-likeness (QED) is 0.148. The molecule has 0 unspecified atom stereocenters. The van der Waals surface area contributed by atoms with Crippen LogP contribution in [0.3, 0.4) is 0 Å². The van der Waals surface area contributed by atoms with E-state index in [0.29, 0.717) is 0 Å². The molecule has 0 heterocycles. The molecule has 0 rings (SSSR count). The SMILES string of the molecule is CCCCCCCC[B-](C)(CCCCCCCC)CCCCCCCC.[Li+]. The van der Waals surface area contributed by atoms with Crippen molar-refractivity contribution in [2.24, 2.45) is 0 Å². The topological polar surface area (TPSA) is 0 Å². The van der Waals surface area contributed by atoms with Crippen LogP contribution < -0.4 is 18.9 Å². The first-order valence-corrected chi connectivity index (χ1v) is 12.9. The van der Waals surface area contributed by atoms with E-state index in [4.69, 9.17) is 0 Å². The van der Waals surface area contributed by atoms with Crippen molar-refractivity contribution < 1.29 is 18.9 Å². The Morgan fingerprint density at radius 1 is 0.370 bits per heavy atom. The summed E-state index contributed by atoms with van der Waals surface area (Å²) < 4.78 is 0. The van der Waals surface area contributed by atoms with Crippen molar-refractivity contribution in [3.8, 4) is 0 Å². The third-order valence-corrected chi connectivity index (χ3v) is 6.76. The maximum atomic E-state index is 2.68. The average Bonchev–Trinajstić information content (AvgIpc) is 2.64. The van der Waals surface area contributed by atoms with E-state index in [1.54, 1.807) is 19.0 Å². The molecule has 0 aromatic carbocycles. The molecule has 0 bridgehead atoms. The molecule has 0 spiro atoms. The summed E-state index contributed by atoms with van der Waals surface area (Å²) in [5.74, 6) is 0. The van der Waals surface area contributed by atoms with Crippen molar-refractivity contribution >= 4 is 6.15 Å². The van der Waals surface area contributed by atoms with E-state index in [1.165, 1.54) is 116 Å². The second-order valence-corrected chi connectivity index (χ2v) is 9.76. The summed E-state index contributed by atoms with van der Waals surface area (Å²) in [4.78, 5) is 0. The van der Waals surface area contributed by atoms with Gasteiger partial charge in [-0.1, -0.05) is 136 Å². The molecule has 0 nitrogen and oxygen atoms in total. The van der Waals surface area contributed by atoms with Crippen molar-refractivity contribution in [2.45, 2.75) is 162 Å². The molecule has 0 fully saturated rings. The van der Waals surface area contributed by atoms with Crippen molar-refractivity contribution in [1.82, 2.24) is 0 Å². The Labute approximate surface area is 186 Å². The second-order valence-electron chi connectivity index (χ2n) is 9.76. The molecule has 0 aromatic heterocycles. The van der Waals surface area contributed by atoms with Crippen molar-refractivity contribution in [3.63, 3.8) is 0 Å². The van der Waals surface area contributed by atoms with Crippen LogP contribution in [0.1, 0.15) is 136 Å². The molecule has 0 aromatic rings. The minimum absolute atomic E-state index is 0. The summed E-state index contributed by atoms with van der Waals surface area (Å²) in [6.07, 6.45) is 30.9. The summed E-state index contributed by atoms with van der Waals surface area (Å²) in [7, 11) is 0. The van der Waals surface area contributed by atoms with E-state index in [-0.39, 0.29) is 25.0 Å². The molecular formula is C25H54BLi. The Balaban J connectivity index is 0. The number of hydrogen-bond donors (Lipinski definition) is 0. The largest absolute Gasteiger partial charge is 1.00 e. The zero-order valence-corrected chi connectivity index (χ0v) is 20.4. The molecule has 0 aliphatic heterocycles. The van der Waals surface area contributed by atoms with Gasteiger partial charge >= 0.3 is 18.9 Å². The van der Waals surface area contributed by atoms with E-state index in [9.17, 15) is 0 Å². The van der Waals surface area contributed by atoms with Gasteiger partial charge in [0.1, 0.15) is 0 Å². The Morgan fingerprint density at radius 2 is 0.593 bits per heavy atom. The Hall–Kier alpha value is 0.662.